The lowest BCUT2D eigenvalue weighted by atomic mass is 10.0. The van der Waals surface area contributed by atoms with E-state index < -0.39 is 10.0 Å². The fraction of sp³-hybridized carbons (Fsp3) is 0.0952. The molecule has 27 heavy (non-hydrogen) atoms. The number of carbonyl (C=O) groups is 1. The van der Waals surface area contributed by atoms with Gasteiger partial charge >= 0.3 is 0 Å². The molecule has 0 amide bonds. The number of nitrogens with one attached hydrogen (secondary N) is 1. The minimum atomic E-state index is -3.66. The van der Waals surface area contributed by atoms with Gasteiger partial charge < -0.3 is 0 Å². The monoisotopic (exact) mass is 395 g/mol. The van der Waals surface area contributed by atoms with E-state index in [2.05, 4.69) is 4.72 Å². The van der Waals surface area contributed by atoms with Crippen molar-refractivity contribution in [1.29, 1.82) is 0 Å². The first-order chi connectivity index (χ1) is 13.0. The molecule has 0 saturated heterocycles. The van der Waals surface area contributed by atoms with Crippen molar-refractivity contribution < 1.29 is 13.2 Å². The van der Waals surface area contributed by atoms with Crippen LogP contribution in [0, 0.1) is 0 Å². The molecule has 0 bridgehead atoms. The number of ketones is 1. The molecule has 1 aliphatic heterocycles. The standard InChI is InChI=1S/C21H17NO3S2/c23-19-13-16-12-17(27(24,25)22-14-15-6-2-1-3-7-15)10-11-20(16)26-21-9-5-4-8-18(19)21/h1-12,22H,13-14H2. The SMILES string of the molecule is O=C1Cc2cc(S(=O)(=O)NCc3ccccc3)ccc2Sc2ccccc21. The molecule has 0 spiro atoms. The van der Waals surface area contributed by atoms with E-state index in [1.165, 1.54) is 11.8 Å². The third-order valence-electron chi connectivity index (χ3n) is 4.41. The van der Waals surface area contributed by atoms with Crippen LogP contribution >= 0.6 is 11.8 Å². The van der Waals surface area contributed by atoms with Crippen molar-refractivity contribution in [3.8, 4) is 0 Å². The summed E-state index contributed by atoms with van der Waals surface area (Å²) in [5.41, 5.74) is 2.31. The van der Waals surface area contributed by atoms with Gasteiger partial charge in [-0.25, -0.2) is 13.1 Å². The van der Waals surface area contributed by atoms with Gasteiger partial charge in [0.05, 0.1) is 4.90 Å². The Morgan fingerprint density at radius 2 is 1.63 bits per heavy atom. The maximum atomic E-state index is 12.7. The second-order valence-corrected chi connectivity index (χ2v) is 9.13. The van der Waals surface area contributed by atoms with E-state index in [1.54, 1.807) is 18.2 Å². The van der Waals surface area contributed by atoms with Gasteiger partial charge in [0, 0.05) is 28.3 Å². The summed E-state index contributed by atoms with van der Waals surface area (Å²) in [4.78, 5) is 14.6. The second-order valence-electron chi connectivity index (χ2n) is 6.28. The number of fused-ring (bicyclic) bond motifs is 2. The number of hydrogen-bond acceptors (Lipinski definition) is 4. The molecule has 0 aromatic heterocycles. The van der Waals surface area contributed by atoms with Gasteiger partial charge in [-0.3, -0.25) is 4.79 Å². The smallest absolute Gasteiger partial charge is 0.240 e. The summed E-state index contributed by atoms with van der Waals surface area (Å²) in [5.74, 6) is 0.00337. The van der Waals surface area contributed by atoms with Gasteiger partial charge in [-0.05, 0) is 35.4 Å². The van der Waals surface area contributed by atoms with E-state index in [0.29, 0.717) is 5.56 Å². The summed E-state index contributed by atoms with van der Waals surface area (Å²) < 4.78 is 28.0. The number of sulfonamides is 1. The Morgan fingerprint density at radius 1 is 0.889 bits per heavy atom. The lowest BCUT2D eigenvalue weighted by molar-refractivity contribution is 0.0990. The molecule has 6 heteroatoms. The molecule has 0 unspecified atom stereocenters. The highest BCUT2D eigenvalue weighted by atomic mass is 32.2. The molecule has 4 nitrogen and oxygen atoms in total. The van der Waals surface area contributed by atoms with Crippen LogP contribution in [0.15, 0.2) is 87.5 Å². The first-order valence-corrected chi connectivity index (χ1v) is 10.8. The van der Waals surface area contributed by atoms with Gasteiger partial charge in [0.15, 0.2) is 5.78 Å². The van der Waals surface area contributed by atoms with E-state index in [9.17, 15) is 13.2 Å². The van der Waals surface area contributed by atoms with Crippen molar-refractivity contribution in [1.82, 2.24) is 4.72 Å². The molecular formula is C21H17NO3S2. The van der Waals surface area contributed by atoms with E-state index in [0.717, 1.165) is 20.9 Å². The molecule has 3 aromatic rings. The summed E-state index contributed by atoms with van der Waals surface area (Å²) in [7, 11) is -3.66. The van der Waals surface area contributed by atoms with Gasteiger partial charge in [-0.1, -0.05) is 60.3 Å². The largest absolute Gasteiger partial charge is 0.294 e. The van der Waals surface area contributed by atoms with Crippen LogP contribution in [0.2, 0.25) is 0 Å². The van der Waals surface area contributed by atoms with Crippen molar-refractivity contribution in [2.45, 2.75) is 27.7 Å². The Hall–Kier alpha value is -2.41. The van der Waals surface area contributed by atoms with Crippen LogP contribution in [0.1, 0.15) is 21.5 Å². The van der Waals surface area contributed by atoms with Crippen LogP contribution in [0.25, 0.3) is 0 Å². The second kappa shape index (κ2) is 7.31. The average Bonchev–Trinajstić information content (AvgIpc) is 2.82. The Bertz CT molecular complexity index is 1110. The Balaban J connectivity index is 1.61. The van der Waals surface area contributed by atoms with E-state index >= 15 is 0 Å². The van der Waals surface area contributed by atoms with Gasteiger partial charge in [0.25, 0.3) is 0 Å². The van der Waals surface area contributed by atoms with Crippen LogP contribution in [0.4, 0.5) is 0 Å². The zero-order valence-corrected chi connectivity index (χ0v) is 16.0. The van der Waals surface area contributed by atoms with Crippen LogP contribution in [0.3, 0.4) is 0 Å². The van der Waals surface area contributed by atoms with E-state index in [4.69, 9.17) is 0 Å². The molecule has 0 saturated carbocycles. The molecule has 0 atom stereocenters. The molecule has 1 heterocycles. The number of carbonyl (C=O) groups excluding carboxylic acids is 1. The van der Waals surface area contributed by atoms with E-state index in [-0.39, 0.29) is 23.6 Å². The third-order valence-corrected chi connectivity index (χ3v) is 7.00. The first-order valence-electron chi connectivity index (χ1n) is 8.49. The average molecular weight is 396 g/mol. The highest BCUT2D eigenvalue weighted by molar-refractivity contribution is 7.99. The predicted molar refractivity (Wildman–Crippen MR) is 106 cm³/mol. The quantitative estimate of drug-likeness (QED) is 0.724. The zero-order chi connectivity index (χ0) is 18.9. The summed E-state index contributed by atoms with van der Waals surface area (Å²) in [5, 5.41) is 0. The predicted octanol–water partition coefficient (Wildman–Crippen LogP) is 4.06. The van der Waals surface area contributed by atoms with Crippen LogP contribution in [0.5, 0.6) is 0 Å². The van der Waals surface area contributed by atoms with Crippen LogP contribution < -0.4 is 4.72 Å². The maximum Gasteiger partial charge on any atom is 0.240 e. The number of benzene rings is 3. The molecule has 0 aliphatic carbocycles. The summed E-state index contributed by atoms with van der Waals surface area (Å²) >= 11 is 1.50. The fourth-order valence-corrected chi connectivity index (χ4v) is 5.13. The summed E-state index contributed by atoms with van der Waals surface area (Å²) in [6, 6.07) is 21.8. The molecule has 1 aliphatic rings. The van der Waals surface area contributed by atoms with Crippen molar-refractivity contribution >= 4 is 27.6 Å². The molecule has 0 fully saturated rings. The summed E-state index contributed by atoms with van der Waals surface area (Å²) in [6.07, 6.45) is 0.196. The summed E-state index contributed by atoms with van der Waals surface area (Å²) in [6.45, 7) is 0.222. The van der Waals surface area contributed by atoms with Crippen molar-refractivity contribution in [3.63, 3.8) is 0 Å². The van der Waals surface area contributed by atoms with Crippen molar-refractivity contribution in [2.75, 3.05) is 0 Å². The maximum absolute atomic E-state index is 12.7. The topological polar surface area (TPSA) is 63.2 Å². The molecule has 136 valence electrons. The zero-order valence-electron chi connectivity index (χ0n) is 14.4. The van der Waals surface area contributed by atoms with Gasteiger partial charge in [0.1, 0.15) is 0 Å². The molecule has 3 aromatic carbocycles. The Morgan fingerprint density at radius 3 is 2.44 bits per heavy atom. The normalized spacial score (nSPS) is 13.6. The van der Waals surface area contributed by atoms with Gasteiger partial charge in [0.2, 0.25) is 10.0 Å². The number of hydrogen-bond donors (Lipinski definition) is 1. The minimum absolute atomic E-state index is 0.00337. The molecule has 4 rings (SSSR count). The first kappa shape index (κ1) is 18.0. The molecule has 0 radical (unpaired) electrons. The highest BCUT2D eigenvalue weighted by Crippen LogP contribution is 2.37. The van der Waals surface area contributed by atoms with Crippen LogP contribution in [-0.2, 0) is 23.0 Å². The van der Waals surface area contributed by atoms with Crippen molar-refractivity contribution in [3.05, 3.63) is 89.5 Å². The number of rotatable bonds is 4. The Kier molecular flexibility index (Phi) is 4.86. The molecule has 1 N–H and O–H groups in total. The minimum Gasteiger partial charge on any atom is -0.294 e. The fourth-order valence-electron chi connectivity index (χ4n) is 2.99. The van der Waals surface area contributed by atoms with Crippen molar-refractivity contribution in [2.24, 2.45) is 0 Å². The van der Waals surface area contributed by atoms with Gasteiger partial charge in [-0.2, -0.15) is 0 Å². The molecular weight excluding hydrogens is 378 g/mol. The van der Waals surface area contributed by atoms with Gasteiger partial charge in [-0.15, -0.1) is 0 Å². The lowest BCUT2D eigenvalue weighted by Crippen LogP contribution is -2.23. The highest BCUT2D eigenvalue weighted by Gasteiger charge is 2.22. The van der Waals surface area contributed by atoms with Crippen LogP contribution in [-0.4, -0.2) is 14.2 Å². The number of Topliss-reactive ketones (excluding diaryl/α,β-unsaturated/α-hetero) is 1. The third kappa shape index (κ3) is 3.83. The van der Waals surface area contributed by atoms with E-state index in [1.807, 2.05) is 54.6 Å². The Labute approximate surface area is 162 Å². The lowest BCUT2D eigenvalue weighted by Gasteiger charge is -2.10.